The number of likely N-dealkylation sites (tertiary alicyclic amines) is 1. The molecule has 1 aliphatic heterocycles. The molecule has 1 atom stereocenters. The van der Waals surface area contributed by atoms with Crippen LogP contribution in [-0.4, -0.2) is 63.9 Å². The fraction of sp³-hybridized carbons (Fsp3) is 0.333. The number of pyridine rings is 1. The number of amides is 1. The topological polar surface area (TPSA) is 147 Å². The van der Waals surface area contributed by atoms with Gasteiger partial charge in [-0.25, -0.2) is 28.2 Å². The summed E-state index contributed by atoms with van der Waals surface area (Å²) in [4.78, 5) is 26.4. The molecule has 11 nitrogen and oxygen atoms in total. The predicted octanol–water partition coefficient (Wildman–Crippen LogP) is 5.64. The van der Waals surface area contributed by atoms with Gasteiger partial charge in [-0.1, -0.05) is 30.7 Å². The van der Waals surface area contributed by atoms with Crippen molar-refractivity contribution in [2.24, 2.45) is 0 Å². The number of aromatic nitrogens is 3. The molecule has 2 fully saturated rings. The zero-order chi connectivity index (χ0) is 29.3. The molecule has 4 aromatic rings. The molecule has 0 spiro atoms. The van der Waals surface area contributed by atoms with Crippen molar-refractivity contribution in [2.45, 2.75) is 50.3 Å². The van der Waals surface area contributed by atoms with Crippen molar-refractivity contribution in [3.8, 4) is 22.9 Å². The van der Waals surface area contributed by atoms with Gasteiger partial charge in [-0.05, 0) is 62.4 Å². The van der Waals surface area contributed by atoms with Gasteiger partial charge < -0.3 is 20.1 Å². The van der Waals surface area contributed by atoms with Crippen molar-refractivity contribution in [3.05, 3.63) is 66.5 Å². The van der Waals surface area contributed by atoms with Crippen LogP contribution in [0.4, 0.5) is 16.4 Å². The molecule has 2 aromatic heterocycles. The van der Waals surface area contributed by atoms with Crippen molar-refractivity contribution < 1.29 is 23.1 Å². The first-order valence-corrected chi connectivity index (χ1v) is 15.6. The van der Waals surface area contributed by atoms with Gasteiger partial charge in [-0.3, -0.25) is 4.72 Å². The summed E-state index contributed by atoms with van der Waals surface area (Å²) in [5, 5.41) is 13.8. The Morgan fingerprint density at radius 2 is 1.86 bits per heavy atom. The van der Waals surface area contributed by atoms with Gasteiger partial charge in [-0.2, -0.15) is 0 Å². The quantitative estimate of drug-likeness (QED) is 0.238. The maximum absolute atomic E-state index is 12.9. The van der Waals surface area contributed by atoms with Crippen LogP contribution in [0.5, 0.6) is 11.6 Å². The smallest absolute Gasteiger partial charge is 0.407 e. The van der Waals surface area contributed by atoms with E-state index in [0.717, 1.165) is 35.6 Å². The van der Waals surface area contributed by atoms with Crippen LogP contribution in [0.25, 0.3) is 22.0 Å². The number of sulfonamides is 1. The SMILES string of the molecule is Cc1ccc2c(NS(=O)(=O)C3CCC3)cccc2c1Oc1ncccc1-c1ccnc(NC2CCCN(C(=O)O)C2)n1. The summed E-state index contributed by atoms with van der Waals surface area (Å²) in [6.45, 7) is 2.81. The van der Waals surface area contributed by atoms with E-state index >= 15 is 0 Å². The third-order valence-electron chi connectivity index (χ3n) is 7.88. The normalized spacial score (nSPS) is 17.5. The summed E-state index contributed by atoms with van der Waals surface area (Å²) in [6, 6.07) is 14.6. The molecule has 0 bridgehead atoms. The monoisotopic (exact) mass is 588 g/mol. The highest BCUT2D eigenvalue weighted by atomic mass is 32.2. The third-order valence-corrected chi connectivity index (χ3v) is 9.73. The average molecular weight is 589 g/mol. The van der Waals surface area contributed by atoms with E-state index < -0.39 is 16.1 Å². The molecule has 3 N–H and O–H groups in total. The number of ether oxygens (including phenoxy) is 1. The standard InChI is InChI=1S/C30H32N6O5S/c1-19-12-13-22-23(9-3-11-26(22)35-42(39,40)21-7-2-8-21)27(19)41-28-24(10-4-15-31-28)25-14-16-32-29(34-25)33-20-6-5-17-36(18-20)30(37)38/h3-4,9-16,20-21,35H,2,5-8,17-18H2,1H3,(H,37,38)(H,32,33,34). The number of piperidine rings is 1. The lowest BCUT2D eigenvalue weighted by atomic mass is 10.0. The molecule has 2 aliphatic rings. The van der Waals surface area contributed by atoms with E-state index in [1.54, 1.807) is 30.6 Å². The summed E-state index contributed by atoms with van der Waals surface area (Å²) < 4.78 is 35.0. The summed E-state index contributed by atoms with van der Waals surface area (Å²) in [5.41, 5.74) is 2.62. The molecule has 218 valence electrons. The van der Waals surface area contributed by atoms with E-state index in [0.29, 0.717) is 60.5 Å². The van der Waals surface area contributed by atoms with Gasteiger partial charge in [0.25, 0.3) is 0 Å². The zero-order valence-electron chi connectivity index (χ0n) is 23.2. The highest BCUT2D eigenvalue weighted by Crippen LogP contribution is 2.39. The van der Waals surface area contributed by atoms with Gasteiger partial charge in [0.2, 0.25) is 21.9 Å². The number of carboxylic acid groups (broad SMARTS) is 1. The highest BCUT2D eigenvalue weighted by molar-refractivity contribution is 7.93. The largest absolute Gasteiger partial charge is 0.465 e. The number of benzene rings is 2. The summed E-state index contributed by atoms with van der Waals surface area (Å²) in [7, 11) is -3.47. The fourth-order valence-electron chi connectivity index (χ4n) is 5.37. The number of aryl methyl sites for hydroxylation is 1. The summed E-state index contributed by atoms with van der Waals surface area (Å²) in [6.07, 6.45) is 6.22. The average Bonchev–Trinajstić information content (AvgIpc) is 2.94. The second-order valence-corrected chi connectivity index (χ2v) is 12.7. The summed E-state index contributed by atoms with van der Waals surface area (Å²) >= 11 is 0. The molecule has 1 saturated carbocycles. The first-order chi connectivity index (χ1) is 20.3. The molecule has 0 radical (unpaired) electrons. The Morgan fingerprint density at radius 3 is 2.64 bits per heavy atom. The van der Waals surface area contributed by atoms with E-state index in [2.05, 4.69) is 20.0 Å². The molecule has 1 amide bonds. The van der Waals surface area contributed by atoms with E-state index in [9.17, 15) is 18.3 Å². The molecular formula is C30H32N6O5S. The Morgan fingerprint density at radius 1 is 1.00 bits per heavy atom. The number of nitrogens with zero attached hydrogens (tertiary/aromatic N) is 4. The minimum absolute atomic E-state index is 0.0936. The van der Waals surface area contributed by atoms with Gasteiger partial charge in [0.1, 0.15) is 5.75 Å². The van der Waals surface area contributed by atoms with Gasteiger partial charge in [-0.15, -0.1) is 0 Å². The van der Waals surface area contributed by atoms with Crippen LogP contribution in [0.15, 0.2) is 60.9 Å². The highest BCUT2D eigenvalue weighted by Gasteiger charge is 2.31. The van der Waals surface area contributed by atoms with Crippen LogP contribution >= 0.6 is 0 Å². The maximum atomic E-state index is 12.9. The molecule has 3 heterocycles. The molecule has 1 aliphatic carbocycles. The van der Waals surface area contributed by atoms with Crippen molar-refractivity contribution >= 4 is 38.5 Å². The Kier molecular flexibility index (Phi) is 7.55. The molecule has 2 aromatic carbocycles. The number of nitrogens with one attached hydrogen (secondary N) is 2. The van der Waals surface area contributed by atoms with Crippen LogP contribution in [0, 0.1) is 6.92 Å². The van der Waals surface area contributed by atoms with Crippen molar-refractivity contribution in [2.75, 3.05) is 23.1 Å². The molecular weight excluding hydrogens is 556 g/mol. The van der Waals surface area contributed by atoms with Crippen LogP contribution in [0.2, 0.25) is 0 Å². The Bertz CT molecular complexity index is 1740. The molecule has 6 rings (SSSR count). The minimum atomic E-state index is -3.47. The van der Waals surface area contributed by atoms with Crippen LogP contribution < -0.4 is 14.8 Å². The third kappa shape index (κ3) is 5.67. The minimum Gasteiger partial charge on any atom is -0.465 e. The summed E-state index contributed by atoms with van der Waals surface area (Å²) in [5.74, 6) is 1.30. The lowest BCUT2D eigenvalue weighted by Gasteiger charge is -2.31. The second-order valence-electron chi connectivity index (χ2n) is 10.7. The molecule has 1 unspecified atom stereocenters. The number of hydrogen-bond acceptors (Lipinski definition) is 8. The van der Waals surface area contributed by atoms with Crippen molar-refractivity contribution in [3.63, 3.8) is 0 Å². The van der Waals surface area contributed by atoms with Gasteiger partial charge in [0, 0.05) is 42.3 Å². The van der Waals surface area contributed by atoms with E-state index in [1.165, 1.54) is 4.90 Å². The Balaban J connectivity index is 1.29. The second kappa shape index (κ2) is 11.4. The van der Waals surface area contributed by atoms with Gasteiger partial charge in [0.15, 0.2) is 0 Å². The fourth-order valence-corrected chi connectivity index (χ4v) is 6.98. The van der Waals surface area contributed by atoms with Crippen LogP contribution in [-0.2, 0) is 10.0 Å². The Labute approximate surface area is 244 Å². The van der Waals surface area contributed by atoms with Crippen molar-refractivity contribution in [1.29, 1.82) is 0 Å². The van der Waals surface area contributed by atoms with E-state index in [4.69, 9.17) is 9.72 Å². The first-order valence-electron chi connectivity index (χ1n) is 14.0. The van der Waals surface area contributed by atoms with Gasteiger partial charge in [0.05, 0.1) is 22.2 Å². The number of hydrogen-bond donors (Lipinski definition) is 3. The lowest BCUT2D eigenvalue weighted by Crippen LogP contribution is -2.44. The predicted molar refractivity (Wildman–Crippen MR) is 160 cm³/mol. The molecule has 1 saturated heterocycles. The van der Waals surface area contributed by atoms with Crippen LogP contribution in [0.3, 0.4) is 0 Å². The first kappa shape index (κ1) is 27.7. The van der Waals surface area contributed by atoms with Gasteiger partial charge >= 0.3 is 6.09 Å². The Hall–Kier alpha value is -4.45. The number of carbonyl (C=O) groups is 1. The van der Waals surface area contributed by atoms with Crippen molar-refractivity contribution in [1.82, 2.24) is 19.9 Å². The van der Waals surface area contributed by atoms with E-state index in [1.807, 2.05) is 37.3 Å². The van der Waals surface area contributed by atoms with E-state index in [-0.39, 0.29) is 11.3 Å². The number of rotatable bonds is 8. The number of fused-ring (bicyclic) bond motifs is 1. The molecule has 12 heteroatoms. The van der Waals surface area contributed by atoms with Crippen LogP contribution in [0.1, 0.15) is 37.7 Å². The lowest BCUT2D eigenvalue weighted by molar-refractivity contribution is 0.132. The molecule has 42 heavy (non-hydrogen) atoms. The zero-order valence-corrected chi connectivity index (χ0v) is 24.0. The maximum Gasteiger partial charge on any atom is 0.407 e. The number of anilines is 2.